The minimum atomic E-state index is -0.454. The number of imide groups is 1. The highest BCUT2D eigenvalue weighted by Crippen LogP contribution is 2.37. The van der Waals surface area contributed by atoms with Crippen molar-refractivity contribution in [2.75, 3.05) is 4.90 Å². The number of hydrogen-bond donors (Lipinski definition) is 0. The van der Waals surface area contributed by atoms with Crippen molar-refractivity contribution >= 4 is 28.4 Å². The fourth-order valence-electron chi connectivity index (χ4n) is 4.19. The summed E-state index contributed by atoms with van der Waals surface area (Å²) in [6.07, 6.45) is 2.25. The summed E-state index contributed by atoms with van der Waals surface area (Å²) < 4.78 is 2.17. The fraction of sp³-hybridized carbons (Fsp3) is 0.120. The average molecular weight is 380 g/mol. The molecule has 1 fully saturated rings. The third-order valence-electron chi connectivity index (χ3n) is 5.55. The molecule has 1 saturated heterocycles. The van der Waals surface area contributed by atoms with Crippen molar-refractivity contribution in [3.63, 3.8) is 0 Å². The molecule has 29 heavy (non-hydrogen) atoms. The fourth-order valence-corrected chi connectivity index (χ4v) is 4.19. The number of hydrogen-bond acceptors (Lipinski definition) is 2. The van der Waals surface area contributed by atoms with Crippen LogP contribution in [0.1, 0.15) is 23.5 Å². The van der Waals surface area contributed by atoms with Gasteiger partial charge in [0, 0.05) is 30.1 Å². The highest BCUT2D eigenvalue weighted by atomic mass is 16.2. The molecule has 142 valence electrons. The standard InChI is InChI=1S/C25H20N2O2/c28-24-15-21(25(29)27(24)19-11-5-2-6-12-19)22-17-26(16-18-9-3-1-4-10-18)23-14-8-7-13-20(22)23/h1-14,17,21H,15-16H2/t21-/m1/s1. The molecule has 0 radical (unpaired) electrons. The summed E-state index contributed by atoms with van der Waals surface area (Å²) in [4.78, 5) is 27.3. The molecule has 0 bridgehead atoms. The molecular weight excluding hydrogens is 360 g/mol. The van der Waals surface area contributed by atoms with Gasteiger partial charge >= 0.3 is 0 Å². The molecule has 1 aliphatic rings. The van der Waals surface area contributed by atoms with Crippen molar-refractivity contribution in [1.29, 1.82) is 0 Å². The summed E-state index contributed by atoms with van der Waals surface area (Å²) in [5, 5.41) is 1.03. The summed E-state index contributed by atoms with van der Waals surface area (Å²) in [6, 6.07) is 27.5. The van der Waals surface area contributed by atoms with Crippen LogP contribution in [0.3, 0.4) is 0 Å². The van der Waals surface area contributed by atoms with Crippen molar-refractivity contribution in [2.24, 2.45) is 0 Å². The Morgan fingerprint density at radius 2 is 1.45 bits per heavy atom. The lowest BCUT2D eigenvalue weighted by Gasteiger charge is -2.14. The third-order valence-corrected chi connectivity index (χ3v) is 5.55. The molecule has 4 aromatic rings. The van der Waals surface area contributed by atoms with E-state index >= 15 is 0 Å². The van der Waals surface area contributed by atoms with Crippen LogP contribution in [-0.2, 0) is 16.1 Å². The Labute approximate surface area is 169 Å². The van der Waals surface area contributed by atoms with Gasteiger partial charge in [-0.3, -0.25) is 14.5 Å². The summed E-state index contributed by atoms with van der Waals surface area (Å²) >= 11 is 0. The topological polar surface area (TPSA) is 42.3 Å². The minimum Gasteiger partial charge on any atom is -0.343 e. The Bertz CT molecular complexity index is 1200. The first kappa shape index (κ1) is 17.4. The van der Waals surface area contributed by atoms with Gasteiger partial charge in [0.15, 0.2) is 0 Å². The van der Waals surface area contributed by atoms with E-state index in [0.717, 1.165) is 23.0 Å². The van der Waals surface area contributed by atoms with Crippen LogP contribution in [0, 0.1) is 0 Å². The van der Waals surface area contributed by atoms with E-state index in [9.17, 15) is 9.59 Å². The molecule has 0 saturated carbocycles. The second-order valence-electron chi connectivity index (χ2n) is 7.37. The molecular formula is C25H20N2O2. The van der Waals surface area contributed by atoms with Gasteiger partial charge in [-0.05, 0) is 29.3 Å². The van der Waals surface area contributed by atoms with Crippen LogP contribution in [0.4, 0.5) is 5.69 Å². The van der Waals surface area contributed by atoms with Crippen molar-refractivity contribution in [3.8, 4) is 0 Å². The molecule has 0 unspecified atom stereocenters. The van der Waals surface area contributed by atoms with Crippen molar-refractivity contribution < 1.29 is 9.59 Å². The number of amides is 2. The monoisotopic (exact) mass is 380 g/mol. The Balaban J connectivity index is 1.55. The number of carbonyl (C=O) groups is 2. The van der Waals surface area contributed by atoms with Crippen LogP contribution in [0.5, 0.6) is 0 Å². The summed E-state index contributed by atoms with van der Waals surface area (Å²) in [5.41, 5.74) is 3.83. The van der Waals surface area contributed by atoms with Crippen LogP contribution in [0.25, 0.3) is 10.9 Å². The first-order valence-electron chi connectivity index (χ1n) is 9.76. The first-order chi connectivity index (χ1) is 14.2. The predicted octanol–water partition coefficient (Wildman–Crippen LogP) is 4.74. The van der Waals surface area contributed by atoms with Gasteiger partial charge in [0.25, 0.3) is 0 Å². The van der Waals surface area contributed by atoms with Gasteiger partial charge in [0.2, 0.25) is 11.8 Å². The van der Waals surface area contributed by atoms with Crippen molar-refractivity contribution in [1.82, 2.24) is 4.57 Å². The summed E-state index contributed by atoms with van der Waals surface area (Å²) in [7, 11) is 0. The van der Waals surface area contributed by atoms with E-state index in [-0.39, 0.29) is 18.2 Å². The quantitative estimate of drug-likeness (QED) is 0.480. The molecule has 2 amide bonds. The number of nitrogens with zero attached hydrogens (tertiary/aromatic N) is 2. The van der Waals surface area contributed by atoms with Crippen molar-refractivity contribution in [3.05, 3.63) is 102 Å². The molecule has 0 N–H and O–H groups in total. The lowest BCUT2D eigenvalue weighted by molar-refractivity contribution is -0.121. The average Bonchev–Trinajstić information content (AvgIpc) is 3.26. The summed E-state index contributed by atoms with van der Waals surface area (Å²) in [5.74, 6) is -0.750. The van der Waals surface area contributed by atoms with Crippen LogP contribution < -0.4 is 4.90 Å². The lowest BCUT2D eigenvalue weighted by atomic mass is 9.97. The minimum absolute atomic E-state index is 0.147. The van der Waals surface area contributed by atoms with Gasteiger partial charge in [0.05, 0.1) is 11.6 Å². The van der Waals surface area contributed by atoms with E-state index in [1.165, 1.54) is 10.5 Å². The molecule has 1 atom stereocenters. The van der Waals surface area contributed by atoms with E-state index in [4.69, 9.17) is 0 Å². The van der Waals surface area contributed by atoms with Crippen LogP contribution >= 0.6 is 0 Å². The highest BCUT2D eigenvalue weighted by Gasteiger charge is 2.41. The second-order valence-corrected chi connectivity index (χ2v) is 7.37. The van der Waals surface area contributed by atoms with Crippen LogP contribution in [0.2, 0.25) is 0 Å². The zero-order valence-corrected chi connectivity index (χ0v) is 15.9. The Hall–Kier alpha value is -3.66. The number of para-hydroxylation sites is 2. The van der Waals surface area contributed by atoms with E-state index < -0.39 is 5.92 Å². The molecule has 2 heterocycles. The number of benzene rings is 3. The van der Waals surface area contributed by atoms with Crippen molar-refractivity contribution in [2.45, 2.75) is 18.9 Å². The van der Waals surface area contributed by atoms with E-state index in [0.29, 0.717) is 5.69 Å². The largest absolute Gasteiger partial charge is 0.343 e. The number of rotatable bonds is 4. The number of aromatic nitrogens is 1. The van der Waals surface area contributed by atoms with Gasteiger partial charge in [-0.15, -0.1) is 0 Å². The van der Waals surface area contributed by atoms with Gasteiger partial charge in [-0.25, -0.2) is 0 Å². The predicted molar refractivity (Wildman–Crippen MR) is 114 cm³/mol. The second kappa shape index (κ2) is 7.06. The number of anilines is 1. The summed E-state index contributed by atoms with van der Waals surface area (Å²) in [6.45, 7) is 0.721. The molecule has 5 rings (SSSR count). The van der Waals surface area contributed by atoms with E-state index in [2.05, 4.69) is 22.8 Å². The zero-order valence-electron chi connectivity index (χ0n) is 15.9. The maximum atomic E-state index is 13.2. The van der Waals surface area contributed by atoms with Crippen LogP contribution in [0.15, 0.2) is 91.1 Å². The molecule has 4 heteroatoms. The van der Waals surface area contributed by atoms with E-state index in [1.54, 1.807) is 12.1 Å². The molecule has 4 nitrogen and oxygen atoms in total. The van der Waals surface area contributed by atoms with Gasteiger partial charge < -0.3 is 4.57 Å². The highest BCUT2D eigenvalue weighted by molar-refractivity contribution is 6.23. The van der Waals surface area contributed by atoms with Gasteiger partial charge in [-0.2, -0.15) is 0 Å². The van der Waals surface area contributed by atoms with Gasteiger partial charge in [-0.1, -0.05) is 66.7 Å². The molecule has 0 spiro atoms. The maximum absolute atomic E-state index is 13.2. The van der Waals surface area contributed by atoms with Crippen LogP contribution in [-0.4, -0.2) is 16.4 Å². The maximum Gasteiger partial charge on any atom is 0.241 e. The first-order valence-corrected chi connectivity index (χ1v) is 9.76. The Morgan fingerprint density at radius 3 is 2.21 bits per heavy atom. The van der Waals surface area contributed by atoms with E-state index in [1.807, 2.05) is 60.8 Å². The Kier molecular flexibility index (Phi) is 4.24. The smallest absolute Gasteiger partial charge is 0.241 e. The molecule has 1 aromatic heterocycles. The van der Waals surface area contributed by atoms with Gasteiger partial charge in [0.1, 0.15) is 0 Å². The normalized spacial score (nSPS) is 16.7. The molecule has 0 aliphatic carbocycles. The SMILES string of the molecule is O=C1C[C@H](c2cn(Cc3ccccc3)c3ccccc23)C(=O)N1c1ccccc1. The number of carbonyl (C=O) groups excluding carboxylic acids is 2. The third kappa shape index (κ3) is 3.03. The number of fused-ring (bicyclic) bond motifs is 1. The molecule has 3 aromatic carbocycles. The zero-order chi connectivity index (χ0) is 19.8. The lowest BCUT2D eigenvalue weighted by Crippen LogP contribution is -2.29. The molecule has 1 aliphatic heterocycles. The Morgan fingerprint density at radius 1 is 0.793 bits per heavy atom.